The van der Waals surface area contributed by atoms with Crippen molar-refractivity contribution in [1.82, 2.24) is 21.3 Å². The number of rotatable bonds is 19. The fourth-order valence-electron chi connectivity index (χ4n) is 4.01. The predicted molar refractivity (Wildman–Crippen MR) is 201 cm³/mol. The summed E-state index contributed by atoms with van der Waals surface area (Å²) in [6, 6.07) is 4.78. The number of guanidine groups is 3. The molecule has 1 aromatic rings. The summed E-state index contributed by atoms with van der Waals surface area (Å²) >= 11 is 0.807. The van der Waals surface area contributed by atoms with Gasteiger partial charge in [0.2, 0.25) is 23.6 Å². The topological polar surface area (TPSA) is 370 Å². The van der Waals surface area contributed by atoms with Gasteiger partial charge in [-0.05, 0) is 67.1 Å². The van der Waals surface area contributed by atoms with Crippen LogP contribution in [0.3, 0.4) is 0 Å². The smallest absolute Gasteiger partial charge is 0.290 e. The summed E-state index contributed by atoms with van der Waals surface area (Å²) in [5, 5.41) is 9.23. The summed E-state index contributed by atoms with van der Waals surface area (Å²) in [4.78, 5) is 84.4. The number of amides is 6. The lowest BCUT2D eigenvalue weighted by Gasteiger charge is -2.19. The largest absolute Gasteiger partial charge is 0.370 e. The van der Waals surface area contributed by atoms with E-state index in [4.69, 9.17) is 40.1 Å². The van der Waals surface area contributed by atoms with E-state index in [1.54, 1.807) is 30.3 Å². The van der Waals surface area contributed by atoms with Gasteiger partial charge in [0.25, 0.3) is 11.1 Å². The molecule has 1 aliphatic rings. The molecule has 1 fully saturated rings. The molecule has 2 rings (SSSR count). The average Bonchev–Trinajstić information content (AvgIpc) is 3.40. The number of aliphatic imine (C=N–C) groups is 3. The van der Waals surface area contributed by atoms with E-state index in [1.165, 1.54) is 12.2 Å². The molecule has 0 radical (unpaired) electrons. The van der Waals surface area contributed by atoms with Gasteiger partial charge in [-0.25, -0.2) is 0 Å². The van der Waals surface area contributed by atoms with Crippen molar-refractivity contribution in [3.05, 3.63) is 46.4 Å². The number of benzene rings is 1. The van der Waals surface area contributed by atoms with E-state index in [9.17, 15) is 28.8 Å². The number of nitrogens with two attached hydrogens (primary N) is 7. The molecule has 1 aliphatic heterocycles. The van der Waals surface area contributed by atoms with E-state index < -0.39 is 53.4 Å². The lowest BCUT2D eigenvalue weighted by molar-refractivity contribution is -0.130. The van der Waals surface area contributed by atoms with Crippen LogP contribution in [0.5, 0.6) is 0 Å². The third kappa shape index (κ3) is 19.8. The number of thioether (sulfide) groups is 1. The molecule has 0 spiro atoms. The van der Waals surface area contributed by atoms with Crippen LogP contribution < -0.4 is 61.4 Å². The second-order valence-corrected chi connectivity index (χ2v) is 11.9. The van der Waals surface area contributed by atoms with Crippen molar-refractivity contribution in [3.8, 4) is 0 Å². The van der Waals surface area contributed by atoms with Gasteiger partial charge < -0.3 is 56.1 Å². The summed E-state index contributed by atoms with van der Waals surface area (Å²) in [5.74, 6) is -3.17. The molecule has 0 bridgehead atoms. The first-order chi connectivity index (χ1) is 24.6. The first kappa shape index (κ1) is 43.9. The number of carbonyl (C=O) groups excluding carboxylic acids is 6. The molecule has 1 heterocycles. The van der Waals surface area contributed by atoms with E-state index in [-0.39, 0.29) is 48.7 Å². The highest BCUT2D eigenvalue weighted by Crippen LogP contribution is 2.25. The average molecular weight is 745 g/mol. The number of nitrogens with zero attached hydrogens (tertiary/aromatic N) is 3. The standard InChI is InChI=1S/C27H37N11O6S.C4H11N3/c28-22(41)17(3-1-11-33-25(29)30)36-21(40)14-35-23(42)18(4-2-12-34-26(31)32)37-20(39)10-9-15-5-7-16(8-6-15)13-19-24(43)38-27(44)45-19;1-2-3-7-4(5)6/h5-10,13,17-18H,1-4,11-12,14H2,(H2,28,41)(H,35,42)(H,36,40)(H,37,39)(H4,29,30,33)(H4,31,32,34)(H,38,43,44);2-3H2,1H3,(H4,5,6,7)/b10-9+,19-13-;. The predicted octanol–water partition coefficient (Wildman–Crippen LogP) is -2.63. The number of hydrogen-bond acceptors (Lipinski definition) is 10. The van der Waals surface area contributed by atoms with E-state index in [1.807, 2.05) is 6.92 Å². The Morgan fingerprint density at radius 3 is 1.81 bits per heavy atom. The molecule has 52 heavy (non-hydrogen) atoms. The van der Waals surface area contributed by atoms with Crippen LogP contribution in [0.4, 0.5) is 4.79 Å². The minimum Gasteiger partial charge on any atom is -0.370 e. The maximum absolute atomic E-state index is 12.9. The normalized spacial score (nSPS) is 13.8. The molecule has 1 aromatic carbocycles. The minimum absolute atomic E-state index is 0.105. The zero-order valence-electron chi connectivity index (χ0n) is 28.8. The van der Waals surface area contributed by atoms with E-state index >= 15 is 0 Å². The maximum atomic E-state index is 12.9. The number of nitrogens with one attached hydrogen (secondary N) is 4. The third-order valence-electron chi connectivity index (χ3n) is 6.45. The van der Waals surface area contributed by atoms with Crippen molar-refractivity contribution in [2.75, 3.05) is 26.2 Å². The van der Waals surface area contributed by atoms with Crippen molar-refractivity contribution in [3.63, 3.8) is 0 Å². The molecule has 1 saturated heterocycles. The third-order valence-corrected chi connectivity index (χ3v) is 7.26. The number of imide groups is 1. The first-order valence-electron chi connectivity index (χ1n) is 16.0. The molecular weight excluding hydrogens is 697 g/mol. The molecule has 21 heteroatoms. The summed E-state index contributed by atoms with van der Waals surface area (Å²) in [6.07, 6.45) is 6.36. The Labute approximate surface area is 305 Å². The van der Waals surface area contributed by atoms with Gasteiger partial charge in [0, 0.05) is 25.7 Å². The first-order valence-corrected chi connectivity index (χ1v) is 16.8. The molecule has 284 valence electrons. The van der Waals surface area contributed by atoms with Gasteiger partial charge in [-0.3, -0.25) is 49.1 Å². The van der Waals surface area contributed by atoms with E-state index in [2.05, 4.69) is 36.2 Å². The summed E-state index contributed by atoms with van der Waals surface area (Å²) in [7, 11) is 0. The van der Waals surface area contributed by atoms with Crippen LogP contribution in [-0.4, -0.2) is 90.9 Å². The van der Waals surface area contributed by atoms with Gasteiger partial charge in [-0.15, -0.1) is 0 Å². The van der Waals surface area contributed by atoms with Crippen LogP contribution >= 0.6 is 11.8 Å². The van der Waals surface area contributed by atoms with Crippen molar-refractivity contribution in [2.24, 2.45) is 55.1 Å². The zero-order valence-corrected chi connectivity index (χ0v) is 29.6. The second kappa shape index (κ2) is 24.1. The van der Waals surface area contributed by atoms with Gasteiger partial charge in [-0.2, -0.15) is 0 Å². The van der Waals surface area contributed by atoms with Gasteiger partial charge >= 0.3 is 0 Å². The summed E-state index contributed by atoms with van der Waals surface area (Å²) < 4.78 is 0. The van der Waals surface area contributed by atoms with E-state index in [0.29, 0.717) is 24.0 Å². The molecule has 18 N–H and O–H groups in total. The Bertz CT molecular complexity index is 1550. The fourth-order valence-corrected chi connectivity index (χ4v) is 4.69. The van der Waals surface area contributed by atoms with Crippen LogP contribution in [0.15, 0.2) is 50.2 Å². The van der Waals surface area contributed by atoms with Crippen LogP contribution in [0, 0.1) is 0 Å². The summed E-state index contributed by atoms with van der Waals surface area (Å²) in [6.45, 7) is 2.72. The lowest BCUT2D eigenvalue weighted by Crippen LogP contribution is -2.51. The Morgan fingerprint density at radius 2 is 1.33 bits per heavy atom. The Balaban J connectivity index is 0.00000174. The van der Waals surface area contributed by atoms with Gasteiger partial charge in [0.15, 0.2) is 17.9 Å². The lowest BCUT2D eigenvalue weighted by atomic mass is 10.1. The minimum atomic E-state index is -1.04. The molecule has 20 nitrogen and oxygen atoms in total. The summed E-state index contributed by atoms with van der Waals surface area (Å²) in [5.41, 5.74) is 37.9. The van der Waals surface area contributed by atoms with Crippen molar-refractivity contribution >= 4 is 76.6 Å². The molecule has 0 saturated carbocycles. The monoisotopic (exact) mass is 744 g/mol. The van der Waals surface area contributed by atoms with Crippen molar-refractivity contribution < 1.29 is 28.8 Å². The van der Waals surface area contributed by atoms with Crippen molar-refractivity contribution in [2.45, 2.75) is 51.1 Å². The highest BCUT2D eigenvalue weighted by Gasteiger charge is 2.25. The fraction of sp³-hybridized carbons (Fsp3) is 0.387. The number of primary amides is 1. The maximum Gasteiger partial charge on any atom is 0.290 e. The Hall–Kier alpha value is -6.12. The molecular formula is C31H48N14O6S. The van der Waals surface area contributed by atoms with Gasteiger partial charge in [-0.1, -0.05) is 31.2 Å². The van der Waals surface area contributed by atoms with Crippen LogP contribution in [-0.2, 0) is 24.0 Å². The highest BCUT2D eigenvalue weighted by atomic mass is 32.2. The molecule has 6 amide bonds. The molecule has 0 aliphatic carbocycles. The van der Waals surface area contributed by atoms with Crippen LogP contribution in [0.25, 0.3) is 12.2 Å². The van der Waals surface area contributed by atoms with Crippen LogP contribution in [0.1, 0.15) is 50.2 Å². The molecule has 2 atom stereocenters. The number of hydrogen-bond donors (Lipinski definition) is 11. The van der Waals surface area contributed by atoms with Gasteiger partial charge in [0.05, 0.1) is 11.4 Å². The Kier molecular flexibility index (Phi) is 20.3. The van der Waals surface area contributed by atoms with Gasteiger partial charge in [0.1, 0.15) is 12.1 Å². The highest BCUT2D eigenvalue weighted by molar-refractivity contribution is 8.18. The molecule has 0 aromatic heterocycles. The number of carbonyl (C=O) groups is 6. The zero-order chi connectivity index (χ0) is 39.1. The SMILES string of the molecule is CCCN=C(N)N.NC(=O)C(CCCN=C(N)N)NC(=O)CNC(=O)C(CCCN=C(N)N)NC(=O)/C=C/c1ccc(/C=C2\SC(=O)NC2=O)cc1. The molecule has 2 unspecified atom stereocenters. The van der Waals surface area contributed by atoms with E-state index in [0.717, 1.165) is 24.7 Å². The Morgan fingerprint density at radius 1 is 0.788 bits per heavy atom. The van der Waals surface area contributed by atoms with Crippen molar-refractivity contribution in [1.29, 1.82) is 0 Å². The quantitative estimate of drug-likeness (QED) is 0.0299. The van der Waals surface area contributed by atoms with Crippen LogP contribution in [0.2, 0.25) is 0 Å². The second-order valence-electron chi connectivity index (χ2n) is 10.9.